The molecule has 1 aromatic rings. The van der Waals surface area contributed by atoms with Crippen molar-refractivity contribution >= 4 is 11.7 Å². The molecule has 1 amide bonds. The first-order valence-electron chi connectivity index (χ1n) is 12.7. The second-order valence-corrected chi connectivity index (χ2v) is 8.60. The van der Waals surface area contributed by atoms with Crippen LogP contribution < -0.4 is 11.0 Å². The van der Waals surface area contributed by atoms with Gasteiger partial charge in [-0.15, -0.1) is 0 Å². The number of allylic oxidation sites excluding steroid dienone is 3. The summed E-state index contributed by atoms with van der Waals surface area (Å²) in [6, 6.07) is 1.53. The summed E-state index contributed by atoms with van der Waals surface area (Å²) in [6.07, 6.45) is 22.6. The normalized spacial score (nSPS) is 18.3. The van der Waals surface area contributed by atoms with Crippen molar-refractivity contribution in [3.63, 3.8) is 0 Å². The number of carbonyl (C=O) groups excluding carboxylic acids is 1. The molecule has 0 aromatic carbocycles. The molecule has 1 aromatic heterocycles. The lowest BCUT2D eigenvalue weighted by atomic mass is 10.1. The van der Waals surface area contributed by atoms with E-state index in [1.165, 1.54) is 74.3 Å². The van der Waals surface area contributed by atoms with Crippen molar-refractivity contribution in [1.29, 1.82) is 0 Å². The number of anilines is 1. The lowest BCUT2D eigenvalue weighted by Gasteiger charge is -2.12. The van der Waals surface area contributed by atoms with E-state index < -0.39 is 18.2 Å². The van der Waals surface area contributed by atoms with Crippen LogP contribution in [0.4, 0.5) is 5.82 Å². The van der Waals surface area contributed by atoms with Gasteiger partial charge in [-0.05, 0) is 50.7 Å². The van der Waals surface area contributed by atoms with E-state index in [4.69, 9.17) is 14.6 Å². The maximum Gasteiger partial charge on any atom is 0.351 e. The van der Waals surface area contributed by atoms with E-state index in [0.717, 1.165) is 25.7 Å². The van der Waals surface area contributed by atoms with Gasteiger partial charge in [-0.2, -0.15) is 4.98 Å². The van der Waals surface area contributed by atoms with Gasteiger partial charge in [0.1, 0.15) is 5.82 Å². The van der Waals surface area contributed by atoms with E-state index in [0.29, 0.717) is 0 Å². The Hall–Kier alpha value is -2.29. The third-order valence-corrected chi connectivity index (χ3v) is 5.68. The molecule has 8 heteroatoms. The summed E-state index contributed by atoms with van der Waals surface area (Å²) >= 11 is 0. The fourth-order valence-electron chi connectivity index (χ4n) is 3.72. The number of aliphatic hydroxyl groups is 1. The van der Waals surface area contributed by atoms with Gasteiger partial charge in [0, 0.05) is 6.20 Å². The van der Waals surface area contributed by atoms with Gasteiger partial charge in [-0.1, -0.05) is 63.7 Å². The van der Waals surface area contributed by atoms with Gasteiger partial charge in [0.05, 0.1) is 13.2 Å². The number of rotatable bonds is 17. The number of unbranched alkanes of at least 4 members (excludes halogenated alkanes) is 10. The summed E-state index contributed by atoms with van der Waals surface area (Å²) in [5, 5.41) is 11.6. The number of hydrogen-bond donors (Lipinski definition) is 2. The van der Waals surface area contributed by atoms with Crippen molar-refractivity contribution in [3.8, 4) is 0 Å². The molecule has 34 heavy (non-hydrogen) atoms. The second-order valence-electron chi connectivity index (χ2n) is 8.60. The van der Waals surface area contributed by atoms with Crippen LogP contribution in [0.5, 0.6) is 0 Å². The predicted molar refractivity (Wildman–Crippen MR) is 133 cm³/mol. The number of amides is 1. The number of aromatic nitrogens is 2. The first-order chi connectivity index (χ1) is 16.6. The van der Waals surface area contributed by atoms with Crippen LogP contribution >= 0.6 is 0 Å². The smallest absolute Gasteiger partial charge is 0.351 e. The number of carbonyl (C=O) groups is 1. The first kappa shape index (κ1) is 28.0. The van der Waals surface area contributed by atoms with E-state index >= 15 is 0 Å². The lowest BCUT2D eigenvalue weighted by molar-refractivity contribution is -0.111. The topological polar surface area (TPSA) is 103 Å². The number of nitrogens with zero attached hydrogens (tertiary/aromatic N) is 2. The molecular weight excluding hydrogens is 434 g/mol. The van der Waals surface area contributed by atoms with Crippen LogP contribution in [-0.4, -0.2) is 40.1 Å². The second kappa shape index (κ2) is 17.2. The Morgan fingerprint density at radius 1 is 1.09 bits per heavy atom. The number of aliphatic hydroxyl groups excluding tert-OH is 1. The zero-order chi connectivity index (χ0) is 24.4. The van der Waals surface area contributed by atoms with Crippen LogP contribution in [0.15, 0.2) is 41.4 Å². The molecule has 2 N–H and O–H groups in total. The van der Waals surface area contributed by atoms with Crippen molar-refractivity contribution in [2.75, 3.05) is 18.5 Å². The van der Waals surface area contributed by atoms with Crippen LogP contribution in [-0.2, 0) is 14.3 Å². The van der Waals surface area contributed by atoms with Crippen LogP contribution in [0.1, 0.15) is 90.2 Å². The Kier molecular flexibility index (Phi) is 14.1. The Morgan fingerprint density at radius 2 is 1.74 bits per heavy atom. The van der Waals surface area contributed by atoms with Crippen molar-refractivity contribution in [2.24, 2.45) is 0 Å². The minimum atomic E-state index is -0.743. The Labute approximate surface area is 203 Å². The first-order valence-corrected chi connectivity index (χ1v) is 12.7. The minimum Gasteiger partial charge on any atom is -0.391 e. The molecule has 1 aliphatic heterocycles. The summed E-state index contributed by atoms with van der Waals surface area (Å²) in [5.74, 6) is -0.135. The van der Waals surface area contributed by atoms with Crippen molar-refractivity contribution in [3.05, 3.63) is 47.1 Å². The summed E-state index contributed by atoms with van der Waals surface area (Å²) in [5.41, 5.74) is -0.560. The SMILES string of the molecule is CCCCCCCCC=CCCCCCC=CC(=O)Nc1ccn(C2COC(CO)O2)c(=O)n1. The molecule has 0 aliphatic carbocycles. The molecule has 2 unspecified atom stereocenters. The fourth-order valence-corrected chi connectivity index (χ4v) is 3.72. The van der Waals surface area contributed by atoms with Crippen molar-refractivity contribution in [2.45, 2.75) is 96.5 Å². The van der Waals surface area contributed by atoms with Crippen molar-refractivity contribution in [1.82, 2.24) is 9.55 Å². The van der Waals surface area contributed by atoms with E-state index in [1.807, 2.05) is 6.08 Å². The number of ether oxygens (including phenoxy) is 2. The molecule has 0 bridgehead atoms. The third kappa shape index (κ3) is 11.2. The zero-order valence-electron chi connectivity index (χ0n) is 20.5. The van der Waals surface area contributed by atoms with Crippen LogP contribution in [0.25, 0.3) is 0 Å². The average Bonchev–Trinajstić information content (AvgIpc) is 3.30. The Bertz CT molecular complexity index is 821. The molecule has 1 saturated heterocycles. The molecule has 190 valence electrons. The highest BCUT2D eigenvalue weighted by Crippen LogP contribution is 2.19. The molecule has 2 atom stereocenters. The van der Waals surface area contributed by atoms with Gasteiger partial charge in [0.25, 0.3) is 0 Å². The van der Waals surface area contributed by atoms with Crippen LogP contribution in [0.2, 0.25) is 0 Å². The van der Waals surface area contributed by atoms with Crippen LogP contribution in [0.3, 0.4) is 0 Å². The Balaban J connectivity index is 1.53. The zero-order valence-corrected chi connectivity index (χ0v) is 20.5. The monoisotopic (exact) mass is 475 g/mol. The molecule has 2 rings (SSSR count). The highest BCUT2D eigenvalue weighted by Gasteiger charge is 2.27. The molecular formula is C26H41N3O5. The maximum atomic E-state index is 12.2. The predicted octanol–water partition coefficient (Wildman–Crippen LogP) is 4.86. The average molecular weight is 476 g/mol. The molecule has 0 saturated carbocycles. The third-order valence-electron chi connectivity index (χ3n) is 5.68. The summed E-state index contributed by atoms with van der Waals surface area (Å²) in [4.78, 5) is 28.1. The maximum absolute atomic E-state index is 12.2. The van der Waals surface area contributed by atoms with Gasteiger partial charge in [-0.25, -0.2) is 4.79 Å². The van der Waals surface area contributed by atoms with Crippen molar-refractivity contribution < 1.29 is 19.4 Å². The highest BCUT2D eigenvalue weighted by molar-refractivity contribution is 5.98. The van der Waals surface area contributed by atoms with Gasteiger partial charge in [0.2, 0.25) is 5.91 Å². The van der Waals surface area contributed by atoms with E-state index in [9.17, 15) is 9.59 Å². The summed E-state index contributed by atoms with van der Waals surface area (Å²) in [6.45, 7) is 2.12. The standard InChI is InChI=1S/C26H41N3O5/c1-2-3-4-5-6-7-8-9-10-11-12-13-14-15-16-17-23(31)27-22-18-19-29(26(32)28-22)24-21-33-25(20-30)34-24/h9-10,16-19,24-25,30H,2-8,11-15,20-21H2,1H3,(H,27,28,31,32). The molecule has 8 nitrogen and oxygen atoms in total. The lowest BCUT2D eigenvalue weighted by Crippen LogP contribution is -2.29. The fraction of sp³-hybridized carbons (Fsp3) is 0.654. The molecule has 1 fully saturated rings. The molecule has 0 radical (unpaired) electrons. The summed E-state index contributed by atoms with van der Waals surface area (Å²) in [7, 11) is 0. The van der Waals surface area contributed by atoms with Crippen LogP contribution in [0, 0.1) is 0 Å². The molecule has 2 heterocycles. The summed E-state index contributed by atoms with van der Waals surface area (Å²) < 4.78 is 11.8. The number of hydrogen-bond acceptors (Lipinski definition) is 6. The highest BCUT2D eigenvalue weighted by atomic mass is 16.7. The Morgan fingerprint density at radius 3 is 2.38 bits per heavy atom. The van der Waals surface area contributed by atoms with E-state index in [-0.39, 0.29) is 24.9 Å². The largest absolute Gasteiger partial charge is 0.391 e. The van der Waals surface area contributed by atoms with Gasteiger partial charge in [-0.3, -0.25) is 9.36 Å². The minimum absolute atomic E-state index is 0.150. The van der Waals surface area contributed by atoms with Gasteiger partial charge >= 0.3 is 5.69 Å². The molecule has 0 spiro atoms. The number of nitrogens with one attached hydrogen (secondary N) is 1. The quantitative estimate of drug-likeness (QED) is 0.189. The molecule has 1 aliphatic rings. The van der Waals surface area contributed by atoms with E-state index in [2.05, 4.69) is 29.4 Å². The van der Waals surface area contributed by atoms with E-state index in [1.54, 1.807) is 0 Å². The van der Waals surface area contributed by atoms with Gasteiger partial charge < -0.3 is 19.9 Å². The van der Waals surface area contributed by atoms with Gasteiger partial charge in [0.15, 0.2) is 12.5 Å².